The Balaban J connectivity index is 1.74. The van der Waals surface area contributed by atoms with Gasteiger partial charge in [-0.2, -0.15) is 5.10 Å². The van der Waals surface area contributed by atoms with Crippen molar-refractivity contribution in [2.75, 3.05) is 12.1 Å². The molecule has 0 saturated carbocycles. The average Bonchev–Trinajstić information content (AvgIpc) is 3.09. The van der Waals surface area contributed by atoms with Gasteiger partial charge in [0.15, 0.2) is 17.3 Å². The highest BCUT2D eigenvalue weighted by Crippen LogP contribution is 2.37. The molecule has 1 aromatic heterocycles. The number of rotatable bonds is 5. The topological polar surface area (TPSA) is 82.5 Å². The minimum absolute atomic E-state index is 0.115. The number of aryl methyl sites for hydroxylation is 2. The summed E-state index contributed by atoms with van der Waals surface area (Å²) in [6.07, 6.45) is 0.899. The van der Waals surface area contributed by atoms with Crippen molar-refractivity contribution in [3.05, 3.63) is 34.6 Å². The van der Waals surface area contributed by atoms with Crippen molar-refractivity contribution < 1.29 is 19.1 Å². The van der Waals surface area contributed by atoms with Crippen LogP contribution in [0.2, 0.25) is 0 Å². The Bertz CT molecular complexity index is 854. The molecule has 1 aliphatic rings. The highest BCUT2D eigenvalue weighted by molar-refractivity contribution is 6.04. The van der Waals surface area contributed by atoms with E-state index in [1.807, 2.05) is 25.6 Å². The molecule has 0 atom stereocenters. The van der Waals surface area contributed by atoms with Gasteiger partial charge in [0, 0.05) is 30.8 Å². The van der Waals surface area contributed by atoms with Crippen LogP contribution in [0.5, 0.6) is 11.5 Å². The van der Waals surface area contributed by atoms with Crippen molar-refractivity contribution >= 4 is 17.4 Å². The van der Waals surface area contributed by atoms with E-state index in [-0.39, 0.29) is 18.5 Å². The number of carbonyl (C=O) groups excluding carboxylic acids is 2. The van der Waals surface area contributed by atoms with Crippen LogP contribution in [0, 0.1) is 13.8 Å². The van der Waals surface area contributed by atoms with Gasteiger partial charge in [-0.1, -0.05) is 0 Å². The molecule has 0 saturated heterocycles. The number of aromatic nitrogens is 2. The van der Waals surface area contributed by atoms with Crippen molar-refractivity contribution in [2.45, 2.75) is 33.6 Å². The van der Waals surface area contributed by atoms with Crippen LogP contribution in [0.4, 0.5) is 5.69 Å². The first-order chi connectivity index (χ1) is 11.9. The molecular formula is C18H21N3O4. The molecule has 0 bridgehead atoms. The lowest BCUT2D eigenvalue weighted by atomic mass is 10.1. The van der Waals surface area contributed by atoms with E-state index in [0.29, 0.717) is 35.6 Å². The van der Waals surface area contributed by atoms with Crippen molar-refractivity contribution in [2.24, 2.45) is 7.05 Å². The molecule has 0 spiro atoms. The molecule has 3 rings (SSSR count). The number of hydrogen-bond donors (Lipinski definition) is 1. The fourth-order valence-corrected chi connectivity index (χ4v) is 2.97. The third-order valence-corrected chi connectivity index (χ3v) is 4.43. The van der Waals surface area contributed by atoms with E-state index in [4.69, 9.17) is 9.47 Å². The van der Waals surface area contributed by atoms with Crippen LogP contribution in [0.15, 0.2) is 12.1 Å². The summed E-state index contributed by atoms with van der Waals surface area (Å²) in [5.41, 5.74) is 3.92. The summed E-state index contributed by atoms with van der Waals surface area (Å²) in [6.45, 7) is 5.49. The van der Waals surface area contributed by atoms with Gasteiger partial charge in [-0.3, -0.25) is 14.3 Å². The van der Waals surface area contributed by atoms with E-state index in [1.165, 1.54) is 6.92 Å². The number of Topliss-reactive ketones (excluding diaryl/α,β-unsaturated/α-hetero) is 1. The SMILES string of the molecule is CC(=O)c1cc2c(cc1NC(=O)CCc1c(C)nn(C)c1C)OCO2. The summed E-state index contributed by atoms with van der Waals surface area (Å²) in [7, 11) is 1.89. The predicted octanol–water partition coefficient (Wildman–Crippen LogP) is 2.54. The molecule has 1 amide bonds. The summed E-state index contributed by atoms with van der Waals surface area (Å²) in [5, 5.41) is 7.17. The molecule has 7 nitrogen and oxygen atoms in total. The van der Waals surface area contributed by atoms with Gasteiger partial charge in [-0.05, 0) is 38.8 Å². The fraction of sp³-hybridized carbons (Fsp3) is 0.389. The summed E-state index contributed by atoms with van der Waals surface area (Å²) >= 11 is 0. The zero-order valence-electron chi connectivity index (χ0n) is 14.8. The van der Waals surface area contributed by atoms with Gasteiger partial charge in [0.05, 0.1) is 11.4 Å². The smallest absolute Gasteiger partial charge is 0.231 e. The number of fused-ring (bicyclic) bond motifs is 1. The summed E-state index contributed by atoms with van der Waals surface area (Å²) in [6, 6.07) is 3.24. The second-order valence-electron chi connectivity index (χ2n) is 6.13. The fourth-order valence-electron chi connectivity index (χ4n) is 2.97. The van der Waals surface area contributed by atoms with Gasteiger partial charge < -0.3 is 14.8 Å². The average molecular weight is 343 g/mol. The van der Waals surface area contributed by atoms with Gasteiger partial charge in [0.2, 0.25) is 12.7 Å². The van der Waals surface area contributed by atoms with E-state index in [9.17, 15) is 9.59 Å². The first-order valence-electron chi connectivity index (χ1n) is 8.10. The molecule has 1 N–H and O–H groups in total. The first-order valence-corrected chi connectivity index (χ1v) is 8.10. The Morgan fingerprint density at radius 3 is 2.52 bits per heavy atom. The molecule has 132 valence electrons. The van der Waals surface area contributed by atoms with Gasteiger partial charge in [0.1, 0.15) is 0 Å². The number of carbonyl (C=O) groups is 2. The summed E-state index contributed by atoms with van der Waals surface area (Å²) < 4.78 is 12.4. The summed E-state index contributed by atoms with van der Waals surface area (Å²) in [4.78, 5) is 24.2. The predicted molar refractivity (Wildman–Crippen MR) is 92.2 cm³/mol. The number of hydrogen-bond acceptors (Lipinski definition) is 5. The van der Waals surface area contributed by atoms with Crippen molar-refractivity contribution in [3.8, 4) is 11.5 Å². The Morgan fingerprint density at radius 2 is 1.92 bits per heavy atom. The van der Waals surface area contributed by atoms with Crippen LogP contribution in [0.25, 0.3) is 0 Å². The third-order valence-electron chi connectivity index (χ3n) is 4.43. The lowest BCUT2D eigenvalue weighted by Gasteiger charge is -2.11. The highest BCUT2D eigenvalue weighted by atomic mass is 16.7. The Kier molecular flexibility index (Phi) is 4.48. The van der Waals surface area contributed by atoms with Gasteiger partial charge in [-0.15, -0.1) is 0 Å². The molecule has 0 aliphatic carbocycles. The molecule has 0 fully saturated rings. The third kappa shape index (κ3) is 3.35. The molecular weight excluding hydrogens is 322 g/mol. The van der Waals surface area contributed by atoms with Crippen LogP contribution in [0.3, 0.4) is 0 Å². The number of amides is 1. The minimum atomic E-state index is -0.163. The maximum atomic E-state index is 12.4. The second kappa shape index (κ2) is 6.58. The van der Waals surface area contributed by atoms with Gasteiger partial charge in [0.25, 0.3) is 0 Å². The van der Waals surface area contributed by atoms with Crippen molar-refractivity contribution in [1.29, 1.82) is 0 Å². The van der Waals surface area contributed by atoms with Gasteiger partial charge >= 0.3 is 0 Å². The minimum Gasteiger partial charge on any atom is -0.454 e. The molecule has 2 heterocycles. The lowest BCUT2D eigenvalue weighted by molar-refractivity contribution is -0.116. The van der Waals surface area contributed by atoms with Crippen LogP contribution in [-0.4, -0.2) is 28.3 Å². The first kappa shape index (κ1) is 17.0. The zero-order valence-corrected chi connectivity index (χ0v) is 14.8. The van der Waals surface area contributed by atoms with Crippen LogP contribution in [-0.2, 0) is 18.3 Å². The van der Waals surface area contributed by atoms with Gasteiger partial charge in [-0.25, -0.2) is 0 Å². The Morgan fingerprint density at radius 1 is 1.24 bits per heavy atom. The maximum Gasteiger partial charge on any atom is 0.231 e. The number of anilines is 1. The van der Waals surface area contributed by atoms with E-state index < -0.39 is 0 Å². The number of nitrogens with zero attached hydrogens (tertiary/aromatic N) is 2. The number of nitrogens with one attached hydrogen (secondary N) is 1. The molecule has 0 radical (unpaired) electrons. The number of ether oxygens (including phenoxy) is 2. The molecule has 1 aliphatic heterocycles. The Hall–Kier alpha value is -2.83. The standard InChI is InChI=1S/C18H21N3O4/c1-10-13(11(2)21(4)20-10)5-6-18(23)19-15-8-17-16(24-9-25-17)7-14(15)12(3)22/h7-8H,5-6,9H2,1-4H3,(H,19,23). The van der Waals surface area contributed by atoms with Crippen LogP contribution >= 0.6 is 0 Å². The zero-order chi connectivity index (χ0) is 18.1. The molecule has 2 aromatic rings. The normalized spacial score (nSPS) is 12.3. The molecule has 1 aromatic carbocycles. The summed E-state index contributed by atoms with van der Waals surface area (Å²) in [5.74, 6) is 0.737. The van der Waals surface area contributed by atoms with E-state index >= 15 is 0 Å². The van der Waals surface area contributed by atoms with E-state index in [2.05, 4.69) is 10.4 Å². The molecule has 7 heteroatoms. The molecule has 25 heavy (non-hydrogen) atoms. The highest BCUT2D eigenvalue weighted by Gasteiger charge is 2.20. The number of benzene rings is 1. The number of ketones is 1. The second-order valence-corrected chi connectivity index (χ2v) is 6.13. The maximum absolute atomic E-state index is 12.4. The van der Waals surface area contributed by atoms with Crippen molar-refractivity contribution in [3.63, 3.8) is 0 Å². The largest absolute Gasteiger partial charge is 0.454 e. The molecule has 0 unspecified atom stereocenters. The van der Waals surface area contributed by atoms with E-state index in [0.717, 1.165) is 17.0 Å². The monoisotopic (exact) mass is 343 g/mol. The quantitative estimate of drug-likeness (QED) is 0.844. The van der Waals surface area contributed by atoms with Crippen LogP contribution < -0.4 is 14.8 Å². The van der Waals surface area contributed by atoms with Crippen molar-refractivity contribution in [1.82, 2.24) is 9.78 Å². The van der Waals surface area contributed by atoms with E-state index in [1.54, 1.807) is 12.1 Å². The Labute approximate surface area is 145 Å². The lowest BCUT2D eigenvalue weighted by Crippen LogP contribution is -2.15. The van der Waals surface area contributed by atoms with Crippen LogP contribution in [0.1, 0.15) is 40.7 Å².